The molecule has 1 heterocycles. The molecule has 0 unspecified atom stereocenters. The summed E-state index contributed by atoms with van der Waals surface area (Å²) in [5, 5.41) is 17.8. The second-order valence-electron chi connectivity index (χ2n) is 5.48. The van der Waals surface area contributed by atoms with Gasteiger partial charge in [-0.25, -0.2) is 5.48 Å². The summed E-state index contributed by atoms with van der Waals surface area (Å²) in [5.41, 5.74) is 2.70. The van der Waals surface area contributed by atoms with Crippen LogP contribution in [-0.4, -0.2) is 60.4 Å². The first-order valence-corrected chi connectivity index (χ1v) is 7.68. The van der Waals surface area contributed by atoms with Crippen LogP contribution in [0.15, 0.2) is 12.1 Å². The summed E-state index contributed by atoms with van der Waals surface area (Å²) in [6, 6.07) is 2.58. The Hall–Kier alpha value is -2.32. The van der Waals surface area contributed by atoms with E-state index in [-0.39, 0.29) is 12.5 Å². The molecule has 1 aliphatic rings. The third-order valence-corrected chi connectivity index (χ3v) is 4.10. The monoisotopic (exact) mass is 338 g/mol. The highest BCUT2D eigenvalue weighted by molar-refractivity contribution is 5.99. The molecule has 0 bridgehead atoms. The molecule has 0 radical (unpaired) electrons. The third kappa shape index (κ3) is 3.44. The Kier molecular flexibility index (Phi) is 5.99. The van der Waals surface area contributed by atoms with Crippen LogP contribution in [0.5, 0.6) is 11.5 Å². The van der Waals surface area contributed by atoms with Crippen LogP contribution in [0.3, 0.4) is 0 Å². The molecule has 8 heteroatoms. The number of ether oxygens (including phenoxy) is 2. The van der Waals surface area contributed by atoms with Gasteiger partial charge in [-0.3, -0.25) is 14.8 Å². The molecule has 3 N–H and O–H groups in total. The minimum absolute atomic E-state index is 0.0223. The number of nitrogens with zero attached hydrogens (tertiary/aromatic N) is 1. The Morgan fingerprint density at radius 3 is 2.58 bits per heavy atom. The van der Waals surface area contributed by atoms with E-state index in [4.69, 9.17) is 19.8 Å². The van der Waals surface area contributed by atoms with Gasteiger partial charge >= 0.3 is 0 Å². The maximum atomic E-state index is 12.7. The first-order valence-electron chi connectivity index (χ1n) is 7.68. The predicted octanol–water partition coefficient (Wildman–Crippen LogP) is 0.349. The number of hydrogen-bond donors (Lipinski definition) is 3. The predicted molar refractivity (Wildman–Crippen MR) is 84.3 cm³/mol. The molecule has 2 amide bonds. The van der Waals surface area contributed by atoms with Gasteiger partial charge in [-0.15, -0.1) is 0 Å². The van der Waals surface area contributed by atoms with Gasteiger partial charge in [0.15, 0.2) is 11.5 Å². The summed E-state index contributed by atoms with van der Waals surface area (Å²) in [4.78, 5) is 25.6. The SMILES string of the molecule is COc1cc(C(=O)N2CC[C@@H]2C(=O)NO)cc(CCCO)c1OC. The van der Waals surface area contributed by atoms with Crippen molar-refractivity contribution in [3.8, 4) is 11.5 Å². The fourth-order valence-electron chi connectivity index (χ4n) is 2.77. The Bertz CT molecular complexity index is 619. The molecule has 1 fully saturated rings. The minimum Gasteiger partial charge on any atom is -0.493 e. The minimum atomic E-state index is -0.670. The number of amides is 2. The highest BCUT2D eigenvalue weighted by atomic mass is 16.5. The maximum absolute atomic E-state index is 12.7. The Balaban J connectivity index is 2.32. The van der Waals surface area contributed by atoms with E-state index in [0.29, 0.717) is 42.9 Å². The molecule has 1 aromatic carbocycles. The van der Waals surface area contributed by atoms with Crippen LogP contribution in [0.25, 0.3) is 0 Å². The lowest BCUT2D eigenvalue weighted by Crippen LogP contribution is -2.57. The zero-order chi connectivity index (χ0) is 17.7. The Morgan fingerprint density at radius 2 is 2.08 bits per heavy atom. The smallest absolute Gasteiger partial charge is 0.266 e. The largest absolute Gasteiger partial charge is 0.493 e. The first kappa shape index (κ1) is 18.0. The van der Waals surface area contributed by atoms with E-state index in [1.807, 2.05) is 0 Å². The quantitative estimate of drug-likeness (QED) is 0.489. The topological polar surface area (TPSA) is 108 Å². The van der Waals surface area contributed by atoms with Gasteiger partial charge in [0.1, 0.15) is 6.04 Å². The number of carbonyl (C=O) groups is 2. The molecule has 1 atom stereocenters. The van der Waals surface area contributed by atoms with Crippen LogP contribution in [0, 0.1) is 0 Å². The van der Waals surface area contributed by atoms with Gasteiger partial charge in [0.05, 0.1) is 14.2 Å². The molecule has 0 spiro atoms. The number of methoxy groups -OCH3 is 2. The number of nitrogens with one attached hydrogen (secondary N) is 1. The standard InChI is InChI=1S/C16H22N2O6/c1-23-13-9-11(8-10(4-3-7-19)14(13)24-2)16(21)18-6-5-12(18)15(20)17-22/h8-9,12,19,22H,3-7H2,1-2H3,(H,17,20)/t12-/m1/s1. The zero-order valence-electron chi connectivity index (χ0n) is 13.7. The van der Waals surface area contributed by atoms with Crippen LogP contribution < -0.4 is 15.0 Å². The van der Waals surface area contributed by atoms with E-state index < -0.39 is 11.9 Å². The highest BCUT2D eigenvalue weighted by Gasteiger charge is 2.38. The molecular weight excluding hydrogens is 316 g/mol. The van der Waals surface area contributed by atoms with Crippen LogP contribution >= 0.6 is 0 Å². The number of carbonyl (C=O) groups excluding carboxylic acids is 2. The van der Waals surface area contributed by atoms with Crippen molar-refractivity contribution in [3.05, 3.63) is 23.3 Å². The summed E-state index contributed by atoms with van der Waals surface area (Å²) >= 11 is 0. The average Bonchev–Trinajstić information content (AvgIpc) is 2.57. The molecule has 0 aliphatic carbocycles. The molecule has 1 saturated heterocycles. The van der Waals surface area contributed by atoms with Crippen molar-refractivity contribution in [3.63, 3.8) is 0 Å². The van der Waals surface area contributed by atoms with Crippen molar-refractivity contribution in [1.82, 2.24) is 10.4 Å². The fraction of sp³-hybridized carbons (Fsp3) is 0.500. The fourth-order valence-corrected chi connectivity index (χ4v) is 2.77. The van der Waals surface area contributed by atoms with Crippen LogP contribution in [-0.2, 0) is 11.2 Å². The molecule has 8 nitrogen and oxygen atoms in total. The number of aliphatic hydroxyl groups excluding tert-OH is 1. The summed E-state index contributed by atoms with van der Waals surface area (Å²) in [5.74, 6) is 0.0207. The second kappa shape index (κ2) is 7.98. The molecule has 2 rings (SSSR count). The number of likely N-dealkylation sites (tertiary alicyclic amines) is 1. The molecule has 0 aromatic heterocycles. The maximum Gasteiger partial charge on any atom is 0.266 e. The van der Waals surface area contributed by atoms with Gasteiger partial charge < -0.3 is 19.5 Å². The molecule has 24 heavy (non-hydrogen) atoms. The normalized spacial score (nSPS) is 16.3. The van der Waals surface area contributed by atoms with Gasteiger partial charge in [-0.1, -0.05) is 0 Å². The molecule has 1 aliphatic heterocycles. The van der Waals surface area contributed by atoms with E-state index >= 15 is 0 Å². The van der Waals surface area contributed by atoms with Gasteiger partial charge in [0, 0.05) is 18.7 Å². The van der Waals surface area contributed by atoms with E-state index in [2.05, 4.69) is 0 Å². The summed E-state index contributed by atoms with van der Waals surface area (Å²) < 4.78 is 10.6. The number of aryl methyl sites for hydroxylation is 1. The Morgan fingerprint density at radius 1 is 1.33 bits per heavy atom. The van der Waals surface area contributed by atoms with E-state index in [0.717, 1.165) is 5.56 Å². The average molecular weight is 338 g/mol. The van der Waals surface area contributed by atoms with Crippen LogP contribution in [0.4, 0.5) is 0 Å². The summed E-state index contributed by atoms with van der Waals surface area (Å²) in [6.45, 7) is 0.464. The Labute approximate surface area is 139 Å². The number of benzene rings is 1. The number of aliphatic hydroxyl groups is 1. The lowest BCUT2D eigenvalue weighted by atomic mass is 9.98. The van der Waals surface area contributed by atoms with Crippen molar-refractivity contribution < 1.29 is 29.4 Å². The van der Waals surface area contributed by atoms with Gasteiger partial charge in [-0.2, -0.15) is 0 Å². The molecular formula is C16H22N2O6. The van der Waals surface area contributed by atoms with Gasteiger partial charge in [0.2, 0.25) is 0 Å². The summed E-state index contributed by atoms with van der Waals surface area (Å²) in [6.07, 6.45) is 1.55. The lowest BCUT2D eigenvalue weighted by Gasteiger charge is -2.39. The number of rotatable bonds is 7. The third-order valence-electron chi connectivity index (χ3n) is 4.10. The number of hydroxylamine groups is 1. The van der Waals surface area contributed by atoms with Crippen LogP contribution in [0.1, 0.15) is 28.8 Å². The van der Waals surface area contributed by atoms with Gasteiger partial charge in [0.25, 0.3) is 11.8 Å². The van der Waals surface area contributed by atoms with Crippen molar-refractivity contribution in [2.75, 3.05) is 27.4 Å². The van der Waals surface area contributed by atoms with E-state index in [9.17, 15) is 9.59 Å². The van der Waals surface area contributed by atoms with Crippen molar-refractivity contribution in [1.29, 1.82) is 0 Å². The number of hydrogen-bond acceptors (Lipinski definition) is 6. The van der Waals surface area contributed by atoms with Crippen LogP contribution in [0.2, 0.25) is 0 Å². The first-order chi connectivity index (χ1) is 11.6. The molecule has 132 valence electrons. The van der Waals surface area contributed by atoms with Crippen molar-refractivity contribution >= 4 is 11.8 Å². The van der Waals surface area contributed by atoms with E-state index in [1.54, 1.807) is 17.6 Å². The van der Waals surface area contributed by atoms with Crippen molar-refractivity contribution in [2.45, 2.75) is 25.3 Å². The van der Waals surface area contributed by atoms with Gasteiger partial charge in [-0.05, 0) is 37.0 Å². The van der Waals surface area contributed by atoms with E-state index in [1.165, 1.54) is 19.1 Å². The zero-order valence-corrected chi connectivity index (χ0v) is 13.7. The summed E-state index contributed by atoms with van der Waals surface area (Å²) in [7, 11) is 2.99. The lowest BCUT2D eigenvalue weighted by molar-refractivity contribution is -0.137. The molecule has 1 aromatic rings. The second-order valence-corrected chi connectivity index (χ2v) is 5.48. The van der Waals surface area contributed by atoms with Crippen molar-refractivity contribution in [2.24, 2.45) is 0 Å². The molecule has 0 saturated carbocycles. The highest BCUT2D eigenvalue weighted by Crippen LogP contribution is 2.34.